The van der Waals surface area contributed by atoms with E-state index >= 15 is 0 Å². The molecule has 8 heteroatoms. The second-order valence-electron chi connectivity index (χ2n) is 2.69. The zero-order valence-corrected chi connectivity index (χ0v) is 10.1. The molecule has 1 rings (SSSR count). The maximum Gasteiger partial charge on any atom is 0.380 e. The number of rotatable bonds is 4. The van der Waals surface area contributed by atoms with Gasteiger partial charge in [-0.15, -0.1) is 0 Å². The van der Waals surface area contributed by atoms with Gasteiger partial charge in [0.05, 0.1) is 14.2 Å². The van der Waals surface area contributed by atoms with Crippen LogP contribution in [0.1, 0.15) is 0 Å². The molecule has 0 amide bonds. The maximum absolute atomic E-state index is 10.7. The summed E-state index contributed by atoms with van der Waals surface area (Å²) in [6.07, 6.45) is 0. The van der Waals surface area contributed by atoms with Gasteiger partial charge in [0.1, 0.15) is 5.02 Å². The average Bonchev–Trinajstić information content (AvgIpc) is 2.19. The molecule has 0 aliphatic rings. The number of nitrogens with two attached hydrogens (primary N) is 1. The van der Waals surface area contributed by atoms with E-state index in [0.29, 0.717) is 5.75 Å². The van der Waals surface area contributed by atoms with E-state index in [2.05, 4.69) is 4.18 Å². The van der Waals surface area contributed by atoms with Crippen LogP contribution in [0, 0.1) is 0 Å². The Morgan fingerprint density at radius 1 is 1.19 bits per heavy atom. The van der Waals surface area contributed by atoms with Crippen LogP contribution in [0.3, 0.4) is 0 Å². The Labute approximate surface area is 98.1 Å². The highest BCUT2D eigenvalue weighted by Crippen LogP contribution is 2.41. The molecule has 0 saturated heterocycles. The van der Waals surface area contributed by atoms with Crippen LogP contribution in [0.2, 0.25) is 5.02 Å². The van der Waals surface area contributed by atoms with Gasteiger partial charge in [-0.3, -0.25) is 0 Å². The van der Waals surface area contributed by atoms with Crippen molar-refractivity contribution in [3.63, 3.8) is 0 Å². The number of hydrogen-bond acceptors (Lipinski definition) is 5. The quantitative estimate of drug-likeness (QED) is 0.877. The van der Waals surface area contributed by atoms with E-state index in [-0.39, 0.29) is 16.5 Å². The second kappa shape index (κ2) is 4.77. The molecule has 1 aromatic carbocycles. The van der Waals surface area contributed by atoms with E-state index in [1.54, 1.807) is 0 Å². The lowest BCUT2D eigenvalue weighted by Gasteiger charge is -2.11. The molecule has 0 bridgehead atoms. The number of hydrogen-bond donors (Lipinski definition) is 1. The Morgan fingerprint density at radius 2 is 1.75 bits per heavy atom. The van der Waals surface area contributed by atoms with Crippen molar-refractivity contribution >= 4 is 21.9 Å². The van der Waals surface area contributed by atoms with Gasteiger partial charge >= 0.3 is 10.3 Å². The van der Waals surface area contributed by atoms with Crippen molar-refractivity contribution in [2.45, 2.75) is 0 Å². The van der Waals surface area contributed by atoms with Gasteiger partial charge in [-0.05, 0) is 12.1 Å². The Kier molecular flexibility index (Phi) is 3.84. The number of methoxy groups -OCH3 is 2. The van der Waals surface area contributed by atoms with Crippen LogP contribution < -0.4 is 18.8 Å². The number of halogens is 1. The molecule has 0 atom stereocenters. The van der Waals surface area contributed by atoms with Crippen molar-refractivity contribution in [3.05, 3.63) is 17.2 Å². The molecule has 6 nitrogen and oxygen atoms in total. The molecule has 0 aromatic heterocycles. The summed E-state index contributed by atoms with van der Waals surface area (Å²) < 4.78 is 35.8. The Morgan fingerprint density at radius 3 is 2.19 bits per heavy atom. The minimum Gasteiger partial charge on any atom is -0.493 e. The van der Waals surface area contributed by atoms with E-state index in [1.165, 1.54) is 26.4 Å². The first-order valence-corrected chi connectivity index (χ1v) is 5.86. The van der Waals surface area contributed by atoms with Gasteiger partial charge in [0.2, 0.25) is 0 Å². The summed E-state index contributed by atoms with van der Waals surface area (Å²) in [7, 11) is -1.33. The first-order valence-electron chi connectivity index (χ1n) is 4.01. The van der Waals surface area contributed by atoms with Crippen LogP contribution in [0.15, 0.2) is 12.1 Å². The zero-order valence-electron chi connectivity index (χ0n) is 8.56. The molecule has 0 saturated carbocycles. The van der Waals surface area contributed by atoms with Crippen LogP contribution in [-0.4, -0.2) is 22.6 Å². The lowest BCUT2D eigenvalue weighted by Crippen LogP contribution is -2.19. The molecule has 90 valence electrons. The zero-order chi connectivity index (χ0) is 12.3. The smallest absolute Gasteiger partial charge is 0.380 e. The molecule has 0 heterocycles. The van der Waals surface area contributed by atoms with Crippen LogP contribution in [-0.2, 0) is 10.3 Å². The largest absolute Gasteiger partial charge is 0.493 e. The van der Waals surface area contributed by atoms with E-state index in [4.69, 9.17) is 26.2 Å². The van der Waals surface area contributed by atoms with Crippen LogP contribution >= 0.6 is 11.6 Å². The molecule has 0 aliphatic carbocycles. The first kappa shape index (κ1) is 12.9. The summed E-state index contributed by atoms with van der Waals surface area (Å²) in [6.45, 7) is 0. The third kappa shape index (κ3) is 2.91. The first-order chi connectivity index (χ1) is 7.39. The van der Waals surface area contributed by atoms with Crippen molar-refractivity contribution in [2.75, 3.05) is 14.2 Å². The van der Waals surface area contributed by atoms with Gasteiger partial charge in [0.15, 0.2) is 17.2 Å². The van der Waals surface area contributed by atoms with E-state index in [0.717, 1.165) is 0 Å². The molecule has 0 fully saturated rings. The van der Waals surface area contributed by atoms with Gasteiger partial charge < -0.3 is 13.7 Å². The van der Waals surface area contributed by atoms with Crippen molar-refractivity contribution in [2.24, 2.45) is 5.14 Å². The third-order valence-electron chi connectivity index (χ3n) is 1.66. The highest BCUT2D eigenvalue weighted by atomic mass is 35.5. The standard InChI is InChI=1S/C8H10ClNO5S/c1-13-6-4-3-5(15-16(10,11)12)7(9)8(6)14-2/h3-4H,1-2H3,(H2,10,11,12). The maximum atomic E-state index is 10.7. The second-order valence-corrected chi connectivity index (χ2v) is 4.22. The van der Waals surface area contributed by atoms with Crippen molar-refractivity contribution < 1.29 is 22.1 Å². The molecule has 16 heavy (non-hydrogen) atoms. The van der Waals surface area contributed by atoms with Gasteiger partial charge in [0, 0.05) is 0 Å². The molecular formula is C8H10ClNO5S. The fourth-order valence-electron chi connectivity index (χ4n) is 1.06. The molecular weight excluding hydrogens is 258 g/mol. The SMILES string of the molecule is COc1ccc(OS(N)(=O)=O)c(Cl)c1OC. The van der Waals surface area contributed by atoms with Gasteiger partial charge in [0.25, 0.3) is 0 Å². The fraction of sp³-hybridized carbons (Fsp3) is 0.250. The fourth-order valence-corrected chi connectivity index (χ4v) is 1.77. The minimum absolute atomic E-state index is 0.0316. The third-order valence-corrected chi connectivity index (χ3v) is 2.43. The van der Waals surface area contributed by atoms with E-state index in [9.17, 15) is 8.42 Å². The highest BCUT2D eigenvalue weighted by Gasteiger charge is 2.17. The van der Waals surface area contributed by atoms with Crippen LogP contribution in [0.4, 0.5) is 0 Å². The van der Waals surface area contributed by atoms with Crippen LogP contribution in [0.5, 0.6) is 17.2 Å². The van der Waals surface area contributed by atoms with Crippen molar-refractivity contribution in [3.8, 4) is 17.2 Å². The molecule has 2 N–H and O–H groups in total. The Bertz CT molecular complexity index is 487. The molecule has 0 radical (unpaired) electrons. The van der Waals surface area contributed by atoms with E-state index < -0.39 is 10.3 Å². The van der Waals surface area contributed by atoms with Crippen molar-refractivity contribution in [1.82, 2.24) is 0 Å². The summed E-state index contributed by atoms with van der Waals surface area (Å²) in [5.74, 6) is 0.404. The van der Waals surface area contributed by atoms with Crippen LogP contribution in [0.25, 0.3) is 0 Å². The highest BCUT2D eigenvalue weighted by molar-refractivity contribution is 7.84. The lowest BCUT2D eigenvalue weighted by molar-refractivity contribution is 0.353. The molecule has 0 unspecified atom stereocenters. The summed E-state index contributed by atoms with van der Waals surface area (Å²) in [4.78, 5) is 0. The lowest BCUT2D eigenvalue weighted by atomic mass is 10.3. The Balaban J connectivity index is 3.24. The normalized spacial score (nSPS) is 11.0. The average molecular weight is 268 g/mol. The number of ether oxygens (including phenoxy) is 2. The van der Waals surface area contributed by atoms with E-state index in [1.807, 2.05) is 0 Å². The summed E-state index contributed by atoms with van der Waals surface area (Å²) >= 11 is 5.85. The predicted molar refractivity (Wildman–Crippen MR) is 58.3 cm³/mol. The summed E-state index contributed by atoms with van der Waals surface area (Å²) in [6, 6.07) is 2.76. The topological polar surface area (TPSA) is 87.9 Å². The molecule has 0 spiro atoms. The van der Waals surface area contributed by atoms with Gasteiger partial charge in [-0.1, -0.05) is 11.6 Å². The van der Waals surface area contributed by atoms with Gasteiger partial charge in [-0.2, -0.15) is 13.6 Å². The summed E-state index contributed by atoms with van der Waals surface area (Å²) in [5.41, 5.74) is 0. The molecule has 0 aliphatic heterocycles. The van der Waals surface area contributed by atoms with Crippen molar-refractivity contribution in [1.29, 1.82) is 0 Å². The monoisotopic (exact) mass is 267 g/mol. The van der Waals surface area contributed by atoms with Gasteiger partial charge in [-0.25, -0.2) is 0 Å². The Hall–Kier alpha value is -1.18. The minimum atomic E-state index is -4.13. The number of benzene rings is 1. The molecule has 1 aromatic rings. The predicted octanol–water partition coefficient (Wildman–Crippen LogP) is 0.940. The summed E-state index contributed by atoms with van der Waals surface area (Å²) in [5, 5.41) is 4.69.